The lowest BCUT2D eigenvalue weighted by atomic mass is 10.2. The lowest BCUT2D eigenvalue weighted by molar-refractivity contribution is -0.130. The first kappa shape index (κ1) is 25.8. The van der Waals surface area contributed by atoms with Gasteiger partial charge in [-0.15, -0.1) is 24.0 Å². The minimum atomic E-state index is 0. The molecule has 0 radical (unpaired) electrons. The molecule has 1 saturated heterocycles. The van der Waals surface area contributed by atoms with Crippen molar-refractivity contribution >= 4 is 41.5 Å². The van der Waals surface area contributed by atoms with Gasteiger partial charge in [0.25, 0.3) is 0 Å². The fourth-order valence-corrected chi connectivity index (χ4v) is 3.83. The molecule has 1 fully saturated rings. The Labute approximate surface area is 208 Å². The molecule has 2 N–H and O–H groups in total. The summed E-state index contributed by atoms with van der Waals surface area (Å²) in [6.07, 6.45) is 0.988. The molecule has 1 unspecified atom stereocenters. The molecule has 0 saturated carbocycles. The van der Waals surface area contributed by atoms with E-state index in [1.165, 1.54) is 0 Å². The third kappa shape index (κ3) is 7.01. The minimum Gasteiger partial charge on any atom is -0.495 e. The quantitative estimate of drug-likeness (QED) is 0.300. The summed E-state index contributed by atoms with van der Waals surface area (Å²) in [5, 5.41) is 6.63. The molecule has 8 heteroatoms. The fourth-order valence-electron chi connectivity index (χ4n) is 3.83. The number of halogens is 1. The van der Waals surface area contributed by atoms with Crippen LogP contribution in [0.1, 0.15) is 18.9 Å². The molecular weight excluding hydrogens is 517 g/mol. The number of aliphatic imine (C=N–C) groups is 1. The van der Waals surface area contributed by atoms with Gasteiger partial charge in [-0.3, -0.25) is 9.79 Å². The SMILES string of the molecule is CCN(Cc1ccccc1)C(=O)CNC(=NC)NC1CCN(c2ccccc2OC)C1.I. The molecule has 1 heterocycles. The maximum atomic E-state index is 12.7. The Bertz CT molecular complexity index is 878. The van der Waals surface area contributed by atoms with Gasteiger partial charge in [0.2, 0.25) is 5.91 Å². The van der Waals surface area contributed by atoms with E-state index in [9.17, 15) is 4.79 Å². The molecule has 1 aliphatic heterocycles. The van der Waals surface area contributed by atoms with E-state index >= 15 is 0 Å². The Hall–Kier alpha value is -2.49. The highest BCUT2D eigenvalue weighted by atomic mass is 127. The maximum Gasteiger partial charge on any atom is 0.242 e. The van der Waals surface area contributed by atoms with Gasteiger partial charge in [0.05, 0.1) is 19.3 Å². The van der Waals surface area contributed by atoms with E-state index in [0.29, 0.717) is 19.0 Å². The van der Waals surface area contributed by atoms with Gasteiger partial charge in [-0.05, 0) is 31.0 Å². The molecule has 0 aromatic heterocycles. The molecule has 2 aromatic carbocycles. The van der Waals surface area contributed by atoms with Crippen LogP contribution in [-0.2, 0) is 11.3 Å². The number of methoxy groups -OCH3 is 1. The number of ether oxygens (including phenoxy) is 1. The lowest BCUT2D eigenvalue weighted by Crippen LogP contribution is -2.48. The summed E-state index contributed by atoms with van der Waals surface area (Å²) in [5.74, 6) is 1.58. The summed E-state index contributed by atoms with van der Waals surface area (Å²) in [5.41, 5.74) is 2.23. The number of hydrogen-bond acceptors (Lipinski definition) is 4. The molecule has 0 aliphatic carbocycles. The Balaban J connectivity index is 0.00000363. The highest BCUT2D eigenvalue weighted by molar-refractivity contribution is 14.0. The Morgan fingerprint density at radius 3 is 2.59 bits per heavy atom. The van der Waals surface area contributed by atoms with Gasteiger partial charge < -0.3 is 25.2 Å². The largest absolute Gasteiger partial charge is 0.495 e. The van der Waals surface area contributed by atoms with Gasteiger partial charge in [0.1, 0.15) is 5.75 Å². The summed E-state index contributed by atoms with van der Waals surface area (Å²) in [6, 6.07) is 18.4. The molecule has 32 heavy (non-hydrogen) atoms. The number of carbonyl (C=O) groups is 1. The van der Waals surface area contributed by atoms with E-state index in [0.717, 1.165) is 36.5 Å². The van der Waals surface area contributed by atoms with Crippen molar-refractivity contribution in [2.45, 2.75) is 25.9 Å². The van der Waals surface area contributed by atoms with Crippen LogP contribution in [0.25, 0.3) is 0 Å². The molecular formula is C24H34IN5O2. The van der Waals surface area contributed by atoms with E-state index < -0.39 is 0 Å². The monoisotopic (exact) mass is 551 g/mol. The first-order chi connectivity index (χ1) is 15.1. The number of guanidine groups is 1. The van der Waals surface area contributed by atoms with Crippen LogP contribution in [0.3, 0.4) is 0 Å². The van der Waals surface area contributed by atoms with Crippen molar-refractivity contribution in [3.05, 3.63) is 60.2 Å². The van der Waals surface area contributed by atoms with E-state index in [1.807, 2.05) is 60.4 Å². The van der Waals surface area contributed by atoms with Crippen LogP contribution in [0, 0.1) is 0 Å². The lowest BCUT2D eigenvalue weighted by Gasteiger charge is -2.23. The van der Waals surface area contributed by atoms with Crippen molar-refractivity contribution in [1.29, 1.82) is 0 Å². The number of benzene rings is 2. The Morgan fingerprint density at radius 1 is 1.19 bits per heavy atom. The summed E-state index contributed by atoms with van der Waals surface area (Å²) in [6.45, 7) is 5.28. The second kappa shape index (κ2) is 13.1. The number of nitrogens with one attached hydrogen (secondary N) is 2. The van der Waals surface area contributed by atoms with Crippen molar-refractivity contribution in [3.8, 4) is 5.75 Å². The van der Waals surface area contributed by atoms with Crippen LogP contribution in [0.4, 0.5) is 5.69 Å². The summed E-state index contributed by atoms with van der Waals surface area (Å²) < 4.78 is 5.50. The predicted molar refractivity (Wildman–Crippen MR) is 141 cm³/mol. The van der Waals surface area contributed by atoms with Crippen molar-refractivity contribution in [3.63, 3.8) is 0 Å². The number of likely N-dealkylation sites (N-methyl/N-ethyl adjacent to an activating group) is 1. The van der Waals surface area contributed by atoms with Crippen LogP contribution >= 0.6 is 24.0 Å². The van der Waals surface area contributed by atoms with Crippen molar-refractivity contribution in [2.75, 3.05) is 45.2 Å². The molecule has 1 aliphatic rings. The second-order valence-corrected chi connectivity index (χ2v) is 7.57. The van der Waals surface area contributed by atoms with Crippen LogP contribution < -0.4 is 20.3 Å². The predicted octanol–water partition coefficient (Wildman–Crippen LogP) is 3.11. The van der Waals surface area contributed by atoms with Crippen molar-refractivity contribution < 1.29 is 9.53 Å². The summed E-state index contributed by atoms with van der Waals surface area (Å²) >= 11 is 0. The van der Waals surface area contributed by atoms with E-state index in [2.05, 4.69) is 26.6 Å². The van der Waals surface area contributed by atoms with Gasteiger partial charge in [0, 0.05) is 39.3 Å². The summed E-state index contributed by atoms with van der Waals surface area (Å²) in [4.78, 5) is 21.2. The third-order valence-electron chi connectivity index (χ3n) is 5.54. The van der Waals surface area contributed by atoms with Crippen molar-refractivity contribution in [1.82, 2.24) is 15.5 Å². The van der Waals surface area contributed by atoms with Gasteiger partial charge in [-0.1, -0.05) is 42.5 Å². The average Bonchev–Trinajstić information content (AvgIpc) is 3.28. The minimum absolute atomic E-state index is 0. The number of rotatable bonds is 8. The Kier molecular flexibility index (Phi) is 10.6. The number of hydrogen-bond donors (Lipinski definition) is 2. The average molecular weight is 551 g/mol. The highest BCUT2D eigenvalue weighted by Gasteiger charge is 2.25. The number of carbonyl (C=O) groups excluding carboxylic acids is 1. The van der Waals surface area contributed by atoms with Gasteiger partial charge >= 0.3 is 0 Å². The second-order valence-electron chi connectivity index (χ2n) is 7.57. The zero-order valence-corrected chi connectivity index (χ0v) is 21.4. The number of anilines is 1. The van der Waals surface area contributed by atoms with Crippen molar-refractivity contribution in [2.24, 2.45) is 4.99 Å². The zero-order valence-electron chi connectivity index (χ0n) is 19.1. The fraction of sp³-hybridized carbons (Fsp3) is 0.417. The number of para-hydroxylation sites is 2. The standard InChI is InChI=1S/C24H33N5O2.HI/c1-4-28(17-19-10-6-5-7-11-19)23(30)16-26-24(25-2)27-20-14-15-29(18-20)21-12-8-9-13-22(21)31-3;/h5-13,20H,4,14-18H2,1-3H3,(H2,25,26,27);1H. The topological polar surface area (TPSA) is 69.2 Å². The summed E-state index contributed by atoms with van der Waals surface area (Å²) in [7, 11) is 3.43. The van der Waals surface area contributed by atoms with E-state index in [-0.39, 0.29) is 42.5 Å². The number of amides is 1. The molecule has 3 rings (SSSR count). The molecule has 0 spiro atoms. The number of nitrogens with zero attached hydrogens (tertiary/aromatic N) is 3. The van der Waals surface area contributed by atoms with E-state index in [4.69, 9.17) is 4.74 Å². The zero-order chi connectivity index (χ0) is 22.1. The Morgan fingerprint density at radius 2 is 1.91 bits per heavy atom. The smallest absolute Gasteiger partial charge is 0.242 e. The van der Waals surface area contributed by atoms with Crippen LogP contribution in [-0.4, -0.2) is 63.1 Å². The van der Waals surface area contributed by atoms with Crippen LogP contribution in [0.5, 0.6) is 5.75 Å². The highest BCUT2D eigenvalue weighted by Crippen LogP contribution is 2.30. The van der Waals surface area contributed by atoms with Crippen LogP contribution in [0.15, 0.2) is 59.6 Å². The molecule has 174 valence electrons. The normalized spacial score (nSPS) is 15.7. The molecule has 7 nitrogen and oxygen atoms in total. The molecule has 1 atom stereocenters. The third-order valence-corrected chi connectivity index (χ3v) is 5.54. The first-order valence-electron chi connectivity index (χ1n) is 10.8. The van der Waals surface area contributed by atoms with Crippen LogP contribution in [0.2, 0.25) is 0 Å². The van der Waals surface area contributed by atoms with E-state index in [1.54, 1.807) is 14.2 Å². The molecule has 2 aromatic rings. The molecule has 0 bridgehead atoms. The molecule has 1 amide bonds. The first-order valence-corrected chi connectivity index (χ1v) is 10.8. The van der Waals surface area contributed by atoms with Gasteiger partial charge in [-0.25, -0.2) is 0 Å². The maximum absolute atomic E-state index is 12.7. The van der Waals surface area contributed by atoms with Gasteiger partial charge in [-0.2, -0.15) is 0 Å². The van der Waals surface area contributed by atoms with Gasteiger partial charge in [0.15, 0.2) is 5.96 Å².